The second kappa shape index (κ2) is 7.15. The number of methoxy groups -OCH3 is 1. The number of nitrogens with one attached hydrogen (secondary N) is 2. The Morgan fingerprint density at radius 3 is 2.93 bits per heavy atom. The Labute approximate surface area is 161 Å². The Kier molecular flexibility index (Phi) is 4.52. The zero-order chi connectivity index (χ0) is 19.7. The van der Waals surface area contributed by atoms with Crippen molar-refractivity contribution in [2.24, 2.45) is 7.05 Å². The average molecular weight is 377 g/mol. The van der Waals surface area contributed by atoms with Gasteiger partial charge in [0, 0.05) is 37.5 Å². The molecule has 3 heterocycles. The second-order valence-electron chi connectivity index (χ2n) is 6.50. The summed E-state index contributed by atoms with van der Waals surface area (Å²) in [4.78, 5) is 29.2. The molecule has 0 saturated carbocycles. The number of para-hydroxylation sites is 1. The molecule has 142 valence electrons. The number of amides is 2. The van der Waals surface area contributed by atoms with Crippen LogP contribution >= 0.6 is 0 Å². The Morgan fingerprint density at radius 1 is 1.32 bits per heavy atom. The van der Waals surface area contributed by atoms with Gasteiger partial charge in [-0.15, -0.1) is 0 Å². The minimum absolute atomic E-state index is 0.0688. The molecule has 0 aliphatic carbocycles. The van der Waals surface area contributed by atoms with Gasteiger partial charge in [-0.3, -0.25) is 19.3 Å². The first kappa shape index (κ1) is 17.7. The van der Waals surface area contributed by atoms with E-state index in [4.69, 9.17) is 4.74 Å². The number of rotatable bonds is 4. The van der Waals surface area contributed by atoms with Crippen LogP contribution in [0.1, 0.15) is 17.9 Å². The van der Waals surface area contributed by atoms with Gasteiger partial charge in [0.25, 0.3) is 0 Å². The van der Waals surface area contributed by atoms with Crippen molar-refractivity contribution in [1.82, 2.24) is 14.8 Å². The van der Waals surface area contributed by atoms with Crippen LogP contribution in [0, 0.1) is 0 Å². The number of carbonyl (C=O) groups is 2. The summed E-state index contributed by atoms with van der Waals surface area (Å²) < 4.78 is 6.91. The van der Waals surface area contributed by atoms with Gasteiger partial charge in [0.1, 0.15) is 11.6 Å². The van der Waals surface area contributed by atoms with E-state index in [1.165, 1.54) is 7.11 Å². The van der Waals surface area contributed by atoms with Crippen LogP contribution in [0.2, 0.25) is 0 Å². The molecule has 4 rings (SSSR count). The number of nitrogens with zero attached hydrogens (tertiary/aromatic N) is 3. The first-order valence-electron chi connectivity index (χ1n) is 8.79. The largest absolute Gasteiger partial charge is 0.495 e. The third kappa shape index (κ3) is 3.20. The van der Waals surface area contributed by atoms with Crippen molar-refractivity contribution in [3.8, 4) is 17.0 Å². The highest BCUT2D eigenvalue weighted by molar-refractivity contribution is 6.05. The highest BCUT2D eigenvalue weighted by atomic mass is 16.5. The van der Waals surface area contributed by atoms with E-state index < -0.39 is 5.92 Å². The van der Waals surface area contributed by atoms with E-state index in [-0.39, 0.29) is 18.2 Å². The number of hydrogen-bond acceptors (Lipinski definition) is 5. The smallest absolute Gasteiger partial charge is 0.233 e. The Bertz CT molecular complexity index is 1050. The van der Waals surface area contributed by atoms with Crippen molar-refractivity contribution < 1.29 is 14.3 Å². The number of hydrogen-bond donors (Lipinski definition) is 2. The maximum Gasteiger partial charge on any atom is 0.233 e. The fraction of sp³-hybridized carbons (Fsp3) is 0.200. The predicted molar refractivity (Wildman–Crippen MR) is 104 cm³/mol. The SMILES string of the molecule is COc1cccc2c1NC(=O)CC2C(=O)Nc1cc(-c2cccnc2)nn1C. The van der Waals surface area contributed by atoms with Gasteiger partial charge in [-0.2, -0.15) is 5.10 Å². The van der Waals surface area contributed by atoms with Gasteiger partial charge in [-0.1, -0.05) is 12.1 Å². The van der Waals surface area contributed by atoms with Gasteiger partial charge >= 0.3 is 0 Å². The van der Waals surface area contributed by atoms with Crippen molar-refractivity contribution >= 4 is 23.3 Å². The number of aryl methyl sites for hydroxylation is 1. The third-order valence-corrected chi connectivity index (χ3v) is 4.71. The lowest BCUT2D eigenvalue weighted by Crippen LogP contribution is -2.31. The summed E-state index contributed by atoms with van der Waals surface area (Å²) >= 11 is 0. The van der Waals surface area contributed by atoms with Gasteiger partial charge in [0.2, 0.25) is 11.8 Å². The summed E-state index contributed by atoms with van der Waals surface area (Å²) in [6.45, 7) is 0. The number of carbonyl (C=O) groups excluding carboxylic acids is 2. The minimum Gasteiger partial charge on any atom is -0.495 e. The number of benzene rings is 1. The van der Waals surface area contributed by atoms with Crippen LogP contribution in [0.15, 0.2) is 48.8 Å². The summed E-state index contributed by atoms with van der Waals surface area (Å²) in [5.74, 6) is -0.0408. The summed E-state index contributed by atoms with van der Waals surface area (Å²) in [7, 11) is 3.28. The molecule has 0 saturated heterocycles. The Balaban J connectivity index is 1.62. The van der Waals surface area contributed by atoms with Crippen LogP contribution in [0.3, 0.4) is 0 Å². The molecule has 2 N–H and O–H groups in total. The molecule has 0 fully saturated rings. The molecule has 0 radical (unpaired) electrons. The lowest BCUT2D eigenvalue weighted by Gasteiger charge is -2.26. The molecule has 3 aromatic rings. The Morgan fingerprint density at radius 2 is 2.18 bits per heavy atom. The summed E-state index contributed by atoms with van der Waals surface area (Å²) in [5.41, 5.74) is 2.83. The van der Waals surface area contributed by atoms with Crippen molar-refractivity contribution in [1.29, 1.82) is 0 Å². The average Bonchev–Trinajstić information content (AvgIpc) is 3.08. The molecule has 0 bridgehead atoms. The Hall–Kier alpha value is -3.68. The fourth-order valence-electron chi connectivity index (χ4n) is 3.32. The number of aromatic nitrogens is 3. The number of pyridine rings is 1. The second-order valence-corrected chi connectivity index (χ2v) is 6.50. The van der Waals surface area contributed by atoms with Gasteiger partial charge in [0.05, 0.1) is 24.4 Å². The third-order valence-electron chi connectivity index (χ3n) is 4.71. The molecule has 1 aliphatic rings. The van der Waals surface area contributed by atoms with Gasteiger partial charge in [-0.25, -0.2) is 0 Å². The van der Waals surface area contributed by atoms with E-state index in [2.05, 4.69) is 20.7 Å². The van der Waals surface area contributed by atoms with Crippen molar-refractivity contribution in [3.63, 3.8) is 0 Å². The van der Waals surface area contributed by atoms with Crippen LogP contribution in [0.5, 0.6) is 5.75 Å². The monoisotopic (exact) mass is 377 g/mol. The fourth-order valence-corrected chi connectivity index (χ4v) is 3.32. The normalized spacial score (nSPS) is 15.5. The summed E-state index contributed by atoms with van der Waals surface area (Å²) in [6.07, 6.45) is 3.47. The number of anilines is 2. The molecule has 0 spiro atoms. The van der Waals surface area contributed by atoms with Crippen LogP contribution in [0.4, 0.5) is 11.5 Å². The maximum absolute atomic E-state index is 13.0. The zero-order valence-electron chi connectivity index (χ0n) is 15.5. The van der Waals surface area contributed by atoms with Crippen LogP contribution in [0.25, 0.3) is 11.3 Å². The predicted octanol–water partition coefficient (Wildman–Crippen LogP) is 2.56. The molecule has 2 aromatic heterocycles. The molecule has 2 amide bonds. The minimum atomic E-state index is -0.615. The quantitative estimate of drug-likeness (QED) is 0.728. The highest BCUT2D eigenvalue weighted by Gasteiger charge is 2.32. The first-order chi connectivity index (χ1) is 13.6. The standard InChI is InChI=1S/C20H19N5O3/c1-25-17(10-15(24-25)12-5-4-8-21-11-12)22-20(27)14-9-18(26)23-19-13(14)6-3-7-16(19)28-2/h3-8,10-11,14H,9H2,1-2H3,(H,22,27)(H,23,26). The number of fused-ring (bicyclic) bond motifs is 1. The van der Waals surface area contributed by atoms with Crippen LogP contribution in [-0.2, 0) is 16.6 Å². The van der Waals surface area contributed by atoms with E-state index in [0.29, 0.717) is 22.9 Å². The molecule has 1 aromatic carbocycles. The lowest BCUT2D eigenvalue weighted by atomic mass is 9.89. The van der Waals surface area contributed by atoms with Crippen LogP contribution < -0.4 is 15.4 Å². The summed E-state index contributed by atoms with van der Waals surface area (Å²) in [5, 5.41) is 10.1. The van der Waals surface area contributed by atoms with Crippen LogP contribution in [-0.4, -0.2) is 33.7 Å². The van der Waals surface area contributed by atoms with Crippen molar-refractivity contribution in [3.05, 3.63) is 54.4 Å². The van der Waals surface area contributed by atoms with Gasteiger partial charge in [0.15, 0.2) is 0 Å². The van der Waals surface area contributed by atoms with Crippen molar-refractivity contribution in [2.45, 2.75) is 12.3 Å². The van der Waals surface area contributed by atoms with E-state index in [1.807, 2.05) is 18.2 Å². The van der Waals surface area contributed by atoms with Crippen molar-refractivity contribution in [2.75, 3.05) is 17.7 Å². The molecule has 8 heteroatoms. The maximum atomic E-state index is 13.0. The van der Waals surface area contributed by atoms with Gasteiger partial charge < -0.3 is 15.4 Å². The molecule has 1 aliphatic heterocycles. The lowest BCUT2D eigenvalue weighted by molar-refractivity contribution is -0.123. The van der Waals surface area contributed by atoms with E-state index >= 15 is 0 Å². The molecular formula is C20H19N5O3. The molecule has 8 nitrogen and oxygen atoms in total. The van der Waals surface area contributed by atoms with Gasteiger partial charge in [-0.05, 0) is 23.8 Å². The molecule has 1 atom stereocenters. The summed E-state index contributed by atoms with van der Waals surface area (Å²) in [6, 6.07) is 10.9. The molecular weight excluding hydrogens is 358 g/mol. The first-order valence-corrected chi connectivity index (χ1v) is 8.79. The van der Waals surface area contributed by atoms with E-state index in [0.717, 1.165) is 11.1 Å². The zero-order valence-corrected chi connectivity index (χ0v) is 15.5. The topological polar surface area (TPSA) is 98.1 Å². The molecule has 28 heavy (non-hydrogen) atoms. The van der Waals surface area contributed by atoms with E-state index in [9.17, 15) is 9.59 Å². The number of ether oxygens (including phenoxy) is 1. The highest BCUT2D eigenvalue weighted by Crippen LogP contribution is 2.39. The van der Waals surface area contributed by atoms with E-state index in [1.54, 1.807) is 42.3 Å². The molecule has 1 unspecified atom stereocenters.